The SMILES string of the molecule is CNC(C)C(C)(c1ccc2ccsc2c1)C(F)F. The minimum atomic E-state index is -2.41. The summed E-state index contributed by atoms with van der Waals surface area (Å²) in [4.78, 5) is 0. The third kappa shape index (κ3) is 2.04. The van der Waals surface area contributed by atoms with E-state index >= 15 is 0 Å². The Labute approximate surface area is 110 Å². The van der Waals surface area contributed by atoms with E-state index in [9.17, 15) is 8.78 Å². The van der Waals surface area contributed by atoms with Crippen LogP contribution >= 0.6 is 11.3 Å². The molecule has 0 spiro atoms. The first kappa shape index (κ1) is 13.4. The van der Waals surface area contributed by atoms with Crippen LogP contribution in [-0.4, -0.2) is 19.5 Å². The highest BCUT2D eigenvalue weighted by atomic mass is 32.1. The van der Waals surface area contributed by atoms with Gasteiger partial charge >= 0.3 is 0 Å². The zero-order valence-electron chi connectivity index (χ0n) is 10.7. The molecule has 0 saturated heterocycles. The Balaban J connectivity index is 2.53. The van der Waals surface area contributed by atoms with Gasteiger partial charge in [-0.2, -0.15) is 0 Å². The van der Waals surface area contributed by atoms with Crippen LogP contribution in [0.4, 0.5) is 8.78 Å². The Hall–Kier alpha value is -1.00. The molecule has 1 aromatic heterocycles. The Morgan fingerprint density at radius 2 is 2.00 bits per heavy atom. The molecule has 0 aliphatic rings. The summed E-state index contributed by atoms with van der Waals surface area (Å²) in [6.07, 6.45) is -2.41. The monoisotopic (exact) mass is 269 g/mol. The van der Waals surface area contributed by atoms with Crippen LogP contribution in [0.5, 0.6) is 0 Å². The highest BCUT2D eigenvalue weighted by molar-refractivity contribution is 7.17. The molecule has 0 radical (unpaired) electrons. The molecular weight excluding hydrogens is 252 g/mol. The van der Waals surface area contributed by atoms with E-state index < -0.39 is 11.8 Å². The number of thiophene rings is 1. The lowest BCUT2D eigenvalue weighted by atomic mass is 9.76. The first-order chi connectivity index (χ1) is 8.50. The maximum absolute atomic E-state index is 13.5. The van der Waals surface area contributed by atoms with Gasteiger partial charge in [-0.25, -0.2) is 8.78 Å². The maximum Gasteiger partial charge on any atom is 0.249 e. The topological polar surface area (TPSA) is 12.0 Å². The van der Waals surface area contributed by atoms with Gasteiger partial charge in [0, 0.05) is 10.7 Å². The Kier molecular flexibility index (Phi) is 3.69. The van der Waals surface area contributed by atoms with Crippen molar-refractivity contribution in [1.29, 1.82) is 0 Å². The number of rotatable bonds is 4. The fraction of sp³-hybridized carbons (Fsp3) is 0.429. The second-order valence-electron chi connectivity index (χ2n) is 4.77. The molecule has 2 atom stereocenters. The third-order valence-corrected chi connectivity index (χ3v) is 4.74. The molecule has 2 unspecified atom stereocenters. The first-order valence-corrected chi connectivity index (χ1v) is 6.81. The Morgan fingerprint density at radius 1 is 1.28 bits per heavy atom. The molecule has 18 heavy (non-hydrogen) atoms. The van der Waals surface area contributed by atoms with Crippen LogP contribution in [0.25, 0.3) is 10.1 Å². The highest BCUT2D eigenvalue weighted by Gasteiger charge is 2.41. The number of likely N-dealkylation sites (N-methyl/N-ethyl adjacent to an activating group) is 1. The summed E-state index contributed by atoms with van der Waals surface area (Å²) in [5, 5.41) is 6.04. The van der Waals surface area contributed by atoms with Gasteiger partial charge in [-0.1, -0.05) is 12.1 Å². The van der Waals surface area contributed by atoms with Crippen molar-refractivity contribution in [3.05, 3.63) is 35.2 Å². The van der Waals surface area contributed by atoms with Crippen molar-refractivity contribution >= 4 is 21.4 Å². The predicted molar refractivity (Wildman–Crippen MR) is 73.7 cm³/mol. The van der Waals surface area contributed by atoms with Crippen molar-refractivity contribution in [1.82, 2.24) is 5.32 Å². The van der Waals surface area contributed by atoms with E-state index in [0.717, 1.165) is 10.1 Å². The quantitative estimate of drug-likeness (QED) is 0.883. The van der Waals surface area contributed by atoms with Crippen LogP contribution in [0.2, 0.25) is 0 Å². The van der Waals surface area contributed by atoms with Crippen LogP contribution in [0.3, 0.4) is 0 Å². The number of benzene rings is 1. The van der Waals surface area contributed by atoms with Gasteiger partial charge in [-0.15, -0.1) is 11.3 Å². The third-order valence-electron chi connectivity index (χ3n) is 3.86. The fourth-order valence-electron chi connectivity index (χ4n) is 2.15. The Bertz CT molecular complexity index is 537. The first-order valence-electron chi connectivity index (χ1n) is 5.93. The molecule has 0 amide bonds. The average Bonchev–Trinajstić information content (AvgIpc) is 2.83. The van der Waals surface area contributed by atoms with Crippen molar-refractivity contribution in [2.45, 2.75) is 31.7 Å². The van der Waals surface area contributed by atoms with Gasteiger partial charge in [-0.3, -0.25) is 0 Å². The zero-order chi connectivity index (χ0) is 13.3. The van der Waals surface area contributed by atoms with Crippen LogP contribution in [-0.2, 0) is 5.41 Å². The van der Waals surface area contributed by atoms with Gasteiger partial charge in [0.15, 0.2) is 0 Å². The van der Waals surface area contributed by atoms with Crippen molar-refractivity contribution in [2.75, 3.05) is 7.05 Å². The molecule has 0 bridgehead atoms. The van der Waals surface area contributed by atoms with Gasteiger partial charge in [0.2, 0.25) is 6.43 Å². The standard InChI is InChI=1S/C14H17F2NS/c1-9(17-3)14(2,13(15)16)11-5-4-10-6-7-18-12(10)8-11/h4-9,13,17H,1-3H3. The molecule has 0 fully saturated rings. The van der Waals surface area contributed by atoms with Gasteiger partial charge < -0.3 is 5.32 Å². The average molecular weight is 269 g/mol. The molecule has 0 aliphatic heterocycles. The van der Waals surface area contributed by atoms with E-state index in [1.165, 1.54) is 0 Å². The smallest absolute Gasteiger partial charge is 0.249 e. The van der Waals surface area contributed by atoms with E-state index in [0.29, 0.717) is 5.56 Å². The predicted octanol–water partition coefficient (Wildman–Crippen LogP) is 4.03. The lowest BCUT2D eigenvalue weighted by molar-refractivity contribution is 0.0408. The number of hydrogen-bond donors (Lipinski definition) is 1. The van der Waals surface area contributed by atoms with E-state index in [1.54, 1.807) is 32.2 Å². The molecule has 0 saturated carbocycles. The molecule has 1 heterocycles. The Morgan fingerprint density at radius 3 is 2.61 bits per heavy atom. The lowest BCUT2D eigenvalue weighted by Crippen LogP contribution is -2.48. The molecule has 98 valence electrons. The molecule has 0 aliphatic carbocycles. The minimum Gasteiger partial charge on any atom is -0.316 e. The lowest BCUT2D eigenvalue weighted by Gasteiger charge is -2.35. The molecule has 2 rings (SSSR count). The van der Waals surface area contributed by atoms with E-state index in [4.69, 9.17) is 0 Å². The summed E-state index contributed by atoms with van der Waals surface area (Å²) in [6.45, 7) is 3.42. The molecule has 1 nitrogen and oxygen atoms in total. The maximum atomic E-state index is 13.5. The van der Waals surface area contributed by atoms with Gasteiger partial charge in [0.25, 0.3) is 0 Å². The minimum absolute atomic E-state index is 0.296. The van der Waals surface area contributed by atoms with Crippen LogP contribution < -0.4 is 5.32 Å². The molecule has 4 heteroatoms. The summed E-state index contributed by atoms with van der Waals surface area (Å²) in [6, 6.07) is 7.33. The molecule has 1 N–H and O–H groups in total. The van der Waals surface area contributed by atoms with Crippen LogP contribution in [0.1, 0.15) is 19.4 Å². The summed E-state index contributed by atoms with van der Waals surface area (Å²) < 4.78 is 28.1. The number of alkyl halides is 2. The van der Waals surface area contributed by atoms with Crippen molar-refractivity contribution in [2.24, 2.45) is 0 Å². The van der Waals surface area contributed by atoms with E-state index in [1.807, 2.05) is 29.6 Å². The second kappa shape index (κ2) is 4.94. The van der Waals surface area contributed by atoms with Crippen molar-refractivity contribution < 1.29 is 8.78 Å². The van der Waals surface area contributed by atoms with Crippen LogP contribution in [0, 0.1) is 0 Å². The summed E-state index contributed by atoms with van der Waals surface area (Å²) >= 11 is 1.58. The van der Waals surface area contributed by atoms with Crippen LogP contribution in [0.15, 0.2) is 29.6 Å². The number of nitrogens with one attached hydrogen (secondary N) is 1. The summed E-state index contributed by atoms with van der Waals surface area (Å²) in [5.74, 6) is 0. The number of fused-ring (bicyclic) bond motifs is 1. The molecule has 2 aromatic rings. The van der Waals surface area contributed by atoms with Crippen molar-refractivity contribution in [3.63, 3.8) is 0 Å². The number of halogens is 2. The number of hydrogen-bond acceptors (Lipinski definition) is 2. The van der Waals surface area contributed by atoms with E-state index in [-0.39, 0.29) is 6.04 Å². The summed E-state index contributed by atoms with van der Waals surface area (Å²) in [7, 11) is 1.72. The van der Waals surface area contributed by atoms with Gasteiger partial charge in [0.05, 0.1) is 5.41 Å². The molecule has 1 aromatic carbocycles. The largest absolute Gasteiger partial charge is 0.316 e. The van der Waals surface area contributed by atoms with E-state index in [2.05, 4.69) is 5.32 Å². The zero-order valence-corrected chi connectivity index (χ0v) is 11.5. The summed E-state index contributed by atoms with van der Waals surface area (Å²) in [5.41, 5.74) is -0.485. The second-order valence-corrected chi connectivity index (χ2v) is 5.71. The highest BCUT2D eigenvalue weighted by Crippen LogP contribution is 2.36. The van der Waals surface area contributed by atoms with Gasteiger partial charge in [0.1, 0.15) is 0 Å². The molecular formula is C14H17F2NS. The van der Waals surface area contributed by atoms with Crippen molar-refractivity contribution in [3.8, 4) is 0 Å². The fourth-order valence-corrected chi connectivity index (χ4v) is 2.98. The van der Waals surface area contributed by atoms with Gasteiger partial charge in [-0.05, 0) is 49.4 Å². The normalized spacial score (nSPS) is 17.0.